The van der Waals surface area contributed by atoms with Crippen molar-refractivity contribution in [3.05, 3.63) is 71.4 Å². The molecule has 1 aliphatic rings. The third kappa shape index (κ3) is 4.48. The maximum absolute atomic E-state index is 14.7. The van der Waals surface area contributed by atoms with Crippen molar-refractivity contribution in [2.75, 3.05) is 24.2 Å². The molecule has 6 nitrogen and oxygen atoms in total. The van der Waals surface area contributed by atoms with E-state index in [1.165, 1.54) is 30.7 Å². The number of benzene rings is 2. The number of fused-ring (bicyclic) bond motifs is 2. The molecule has 2 aromatic carbocycles. The first-order valence-corrected chi connectivity index (χ1v) is 14.0. The van der Waals surface area contributed by atoms with E-state index < -0.39 is 18.9 Å². The van der Waals surface area contributed by atoms with Gasteiger partial charge in [0.25, 0.3) is 0 Å². The maximum atomic E-state index is 14.7. The average molecular weight is 532 g/mol. The van der Waals surface area contributed by atoms with Gasteiger partial charge in [0.15, 0.2) is 0 Å². The highest BCUT2D eigenvalue weighted by molar-refractivity contribution is 7.71. The topological polar surface area (TPSA) is 68.5 Å². The molecule has 4 aromatic rings. The minimum atomic E-state index is -4.46. The van der Waals surface area contributed by atoms with Crippen LogP contribution in [0.25, 0.3) is 16.6 Å². The van der Waals surface area contributed by atoms with Crippen molar-refractivity contribution >= 4 is 24.0 Å². The number of anilines is 1. The smallest absolute Gasteiger partial charge is 0.416 e. The Bertz CT molecular complexity index is 1510. The standard InChI is InChI=1S/C26H25F4N4O2P/c1-3-37(35,4-2)24-23-19(16-5-7-17(8-6-16)26(28,29)30)13-31-25(34(23)15-33-24)32-14-20-18-11-12-36-22(18)10-9-21(20)27/h5-10,13,15H,3-4,11-12,14H2,1-2H3,(H,31,32). The maximum Gasteiger partial charge on any atom is 0.416 e. The molecule has 2 aromatic heterocycles. The van der Waals surface area contributed by atoms with Crippen molar-refractivity contribution in [1.29, 1.82) is 0 Å². The summed E-state index contributed by atoms with van der Waals surface area (Å²) in [4.78, 5) is 8.97. The van der Waals surface area contributed by atoms with E-state index in [1.807, 2.05) is 13.8 Å². The number of nitrogens with one attached hydrogen (secondary N) is 1. The lowest BCUT2D eigenvalue weighted by atomic mass is 10.0. The number of hydrogen-bond acceptors (Lipinski definition) is 5. The molecule has 1 aliphatic heterocycles. The van der Waals surface area contributed by atoms with Crippen LogP contribution < -0.4 is 15.5 Å². The fourth-order valence-electron chi connectivity index (χ4n) is 4.67. The quantitative estimate of drug-likeness (QED) is 0.229. The van der Waals surface area contributed by atoms with Gasteiger partial charge in [-0.25, -0.2) is 14.4 Å². The second-order valence-electron chi connectivity index (χ2n) is 8.83. The Morgan fingerprint density at radius 2 is 1.81 bits per heavy atom. The SMILES string of the molecule is CCP(=O)(CC)c1ncn2c(NCc3c(F)ccc4c3CCO4)ncc(-c3ccc(C(F)(F)F)cc3)c12. The lowest BCUT2D eigenvalue weighted by molar-refractivity contribution is -0.137. The number of ether oxygens (including phenoxy) is 1. The second kappa shape index (κ2) is 9.49. The molecule has 5 rings (SSSR count). The summed E-state index contributed by atoms with van der Waals surface area (Å²) in [6, 6.07) is 7.74. The average Bonchev–Trinajstić information content (AvgIpc) is 3.55. The van der Waals surface area contributed by atoms with Gasteiger partial charge in [-0.3, -0.25) is 4.40 Å². The number of halogens is 4. The third-order valence-corrected chi connectivity index (χ3v) is 9.98. The lowest BCUT2D eigenvalue weighted by Gasteiger charge is -2.16. The molecular weight excluding hydrogens is 507 g/mol. The van der Waals surface area contributed by atoms with Crippen LogP contribution in [0.15, 0.2) is 48.9 Å². The fraction of sp³-hybridized carbons (Fsp3) is 0.308. The third-order valence-electron chi connectivity index (χ3n) is 6.84. The molecule has 3 heterocycles. The normalized spacial score (nSPS) is 13.6. The molecule has 0 saturated heterocycles. The molecule has 1 N–H and O–H groups in total. The van der Waals surface area contributed by atoms with Crippen molar-refractivity contribution in [1.82, 2.24) is 14.4 Å². The van der Waals surface area contributed by atoms with Crippen LogP contribution in [0.2, 0.25) is 0 Å². The van der Waals surface area contributed by atoms with Crippen molar-refractivity contribution in [2.24, 2.45) is 0 Å². The summed E-state index contributed by atoms with van der Waals surface area (Å²) in [6.07, 6.45) is -0.0640. The first-order chi connectivity index (χ1) is 17.7. The van der Waals surface area contributed by atoms with E-state index in [0.717, 1.165) is 17.7 Å². The Hall–Kier alpha value is -3.39. The highest BCUT2D eigenvalue weighted by atomic mass is 31.2. The molecule has 0 atom stereocenters. The molecule has 194 valence electrons. The number of hydrogen-bond donors (Lipinski definition) is 1. The molecular formula is C26H25F4N4O2P. The van der Waals surface area contributed by atoms with E-state index >= 15 is 0 Å². The highest BCUT2D eigenvalue weighted by Gasteiger charge is 2.31. The minimum absolute atomic E-state index is 0.132. The molecule has 0 spiro atoms. The second-order valence-corrected chi connectivity index (χ2v) is 12.3. The van der Waals surface area contributed by atoms with E-state index in [1.54, 1.807) is 10.5 Å². The van der Waals surface area contributed by atoms with E-state index in [2.05, 4.69) is 15.3 Å². The molecule has 0 fully saturated rings. The first-order valence-electron chi connectivity index (χ1n) is 12.0. The van der Waals surface area contributed by atoms with Gasteiger partial charge >= 0.3 is 6.18 Å². The Labute approximate surface area is 211 Å². The van der Waals surface area contributed by atoms with Crippen LogP contribution in [0.5, 0.6) is 5.75 Å². The molecule has 0 amide bonds. The van der Waals surface area contributed by atoms with E-state index in [9.17, 15) is 22.1 Å². The summed E-state index contributed by atoms with van der Waals surface area (Å²) in [6.45, 7) is 4.28. The molecule has 0 radical (unpaired) electrons. The van der Waals surface area contributed by atoms with Gasteiger partial charge in [0.2, 0.25) is 5.95 Å². The van der Waals surface area contributed by atoms with Crippen LogP contribution >= 0.6 is 7.14 Å². The predicted octanol–water partition coefficient (Wildman–Crippen LogP) is 6.13. The van der Waals surface area contributed by atoms with E-state index in [4.69, 9.17) is 4.74 Å². The highest BCUT2D eigenvalue weighted by Crippen LogP contribution is 2.45. The molecule has 0 saturated carbocycles. The largest absolute Gasteiger partial charge is 0.493 e. The van der Waals surface area contributed by atoms with Gasteiger partial charge in [0, 0.05) is 48.2 Å². The molecule has 0 bridgehead atoms. The molecule has 37 heavy (non-hydrogen) atoms. The summed E-state index contributed by atoms with van der Waals surface area (Å²) in [5.74, 6) is 0.645. The number of alkyl halides is 3. The van der Waals surface area contributed by atoms with Gasteiger partial charge in [-0.2, -0.15) is 13.2 Å². The number of rotatable bonds is 7. The summed E-state index contributed by atoms with van der Waals surface area (Å²) in [5, 5.41) is 3.16. The summed E-state index contributed by atoms with van der Waals surface area (Å²) >= 11 is 0. The first kappa shape index (κ1) is 25.3. The summed E-state index contributed by atoms with van der Waals surface area (Å²) in [7, 11) is -2.87. The Morgan fingerprint density at radius 1 is 1.08 bits per heavy atom. The fourth-order valence-corrected chi connectivity index (χ4v) is 6.60. The predicted molar refractivity (Wildman–Crippen MR) is 135 cm³/mol. The van der Waals surface area contributed by atoms with Gasteiger partial charge in [-0.15, -0.1) is 0 Å². The van der Waals surface area contributed by atoms with Crippen molar-refractivity contribution in [3.8, 4) is 16.9 Å². The van der Waals surface area contributed by atoms with Crippen LogP contribution in [-0.4, -0.2) is 33.3 Å². The summed E-state index contributed by atoms with van der Waals surface area (Å²) in [5.41, 5.74) is 2.42. The molecule has 11 heteroatoms. The van der Waals surface area contributed by atoms with Crippen molar-refractivity contribution in [2.45, 2.75) is 33.0 Å². The Balaban J connectivity index is 1.61. The van der Waals surface area contributed by atoms with Gasteiger partial charge in [0.05, 0.1) is 17.7 Å². The molecule has 0 aliphatic carbocycles. The Kier molecular flexibility index (Phi) is 6.48. The number of aromatic nitrogens is 3. The van der Waals surface area contributed by atoms with Crippen LogP contribution in [0.4, 0.5) is 23.5 Å². The number of imidazole rings is 1. The van der Waals surface area contributed by atoms with Gasteiger partial charge in [-0.1, -0.05) is 26.0 Å². The van der Waals surface area contributed by atoms with Gasteiger partial charge in [-0.05, 0) is 29.8 Å². The monoisotopic (exact) mass is 532 g/mol. The molecule has 0 unspecified atom stereocenters. The van der Waals surface area contributed by atoms with Crippen LogP contribution in [0, 0.1) is 5.82 Å². The van der Waals surface area contributed by atoms with Crippen molar-refractivity contribution < 1.29 is 26.9 Å². The summed E-state index contributed by atoms with van der Waals surface area (Å²) < 4.78 is 74.9. The van der Waals surface area contributed by atoms with E-state index in [-0.39, 0.29) is 12.4 Å². The zero-order chi connectivity index (χ0) is 26.4. The lowest BCUT2D eigenvalue weighted by Crippen LogP contribution is -2.14. The van der Waals surface area contributed by atoms with Crippen LogP contribution in [0.3, 0.4) is 0 Å². The van der Waals surface area contributed by atoms with Gasteiger partial charge in [0.1, 0.15) is 30.5 Å². The van der Waals surface area contributed by atoms with E-state index in [0.29, 0.717) is 64.7 Å². The van der Waals surface area contributed by atoms with Crippen LogP contribution in [0.1, 0.15) is 30.5 Å². The van der Waals surface area contributed by atoms with Crippen LogP contribution in [-0.2, 0) is 23.7 Å². The van der Waals surface area contributed by atoms with Crippen molar-refractivity contribution in [3.63, 3.8) is 0 Å². The minimum Gasteiger partial charge on any atom is -0.493 e. The van der Waals surface area contributed by atoms with Gasteiger partial charge < -0.3 is 14.6 Å². The Morgan fingerprint density at radius 3 is 2.49 bits per heavy atom. The zero-order valence-corrected chi connectivity index (χ0v) is 21.2. The zero-order valence-electron chi connectivity index (χ0n) is 20.3. The number of nitrogens with zero attached hydrogens (tertiary/aromatic N) is 3.